The lowest BCUT2D eigenvalue weighted by atomic mass is 9.70. The van der Waals surface area contributed by atoms with Crippen LogP contribution in [0.4, 0.5) is 0 Å². The molecule has 2 atom stereocenters. The first kappa shape index (κ1) is 24.9. The van der Waals surface area contributed by atoms with Crippen LogP contribution >= 0.6 is 31.9 Å². The number of ether oxygens (including phenoxy) is 1. The van der Waals surface area contributed by atoms with Gasteiger partial charge in [-0.1, -0.05) is 88.7 Å². The van der Waals surface area contributed by atoms with Crippen LogP contribution in [0.2, 0.25) is 0 Å². The molecule has 3 nitrogen and oxygen atoms in total. The van der Waals surface area contributed by atoms with Gasteiger partial charge < -0.3 is 14.7 Å². The Morgan fingerprint density at radius 3 is 2.35 bits per heavy atom. The number of halogens is 2. The monoisotopic (exact) mass is 581 g/mol. The molecule has 2 unspecified atom stereocenters. The lowest BCUT2D eigenvalue weighted by molar-refractivity contribution is 0.00421. The van der Waals surface area contributed by atoms with Crippen LogP contribution in [0.15, 0.2) is 95.5 Å². The van der Waals surface area contributed by atoms with Crippen molar-refractivity contribution < 1.29 is 9.84 Å². The Labute approximate surface area is 218 Å². The minimum Gasteiger partial charge on any atom is -0.482 e. The largest absolute Gasteiger partial charge is 0.482 e. The number of hydrogen-bond donors (Lipinski definition) is 1. The van der Waals surface area contributed by atoms with E-state index in [4.69, 9.17) is 4.74 Å². The Bertz CT molecular complexity index is 1250. The van der Waals surface area contributed by atoms with Crippen LogP contribution in [0.25, 0.3) is 10.8 Å². The van der Waals surface area contributed by atoms with Gasteiger partial charge in [0.2, 0.25) is 0 Å². The SMILES string of the molecule is CN(C)CCC(O)(c1cccc(Br)c1)C(c1ccccc1)c1c(OCBr)ccc2ccccc12. The van der Waals surface area contributed by atoms with Gasteiger partial charge in [0.1, 0.15) is 16.9 Å². The maximum atomic E-state index is 12.8. The number of rotatable bonds is 9. The van der Waals surface area contributed by atoms with E-state index in [0.717, 1.165) is 44.2 Å². The van der Waals surface area contributed by atoms with Crippen molar-refractivity contribution in [2.24, 2.45) is 0 Å². The van der Waals surface area contributed by atoms with Gasteiger partial charge in [-0.15, -0.1) is 0 Å². The van der Waals surface area contributed by atoms with E-state index in [0.29, 0.717) is 11.9 Å². The molecule has 5 heteroatoms. The molecule has 4 aromatic carbocycles. The summed E-state index contributed by atoms with van der Waals surface area (Å²) >= 11 is 7.07. The van der Waals surface area contributed by atoms with Crippen molar-refractivity contribution in [2.75, 3.05) is 26.2 Å². The Balaban J connectivity index is 2.06. The highest BCUT2D eigenvalue weighted by Crippen LogP contribution is 2.49. The van der Waals surface area contributed by atoms with E-state index in [2.05, 4.69) is 67.1 Å². The van der Waals surface area contributed by atoms with Crippen LogP contribution in [0.3, 0.4) is 0 Å². The van der Waals surface area contributed by atoms with Gasteiger partial charge in [-0.25, -0.2) is 0 Å². The highest BCUT2D eigenvalue weighted by molar-refractivity contribution is 9.10. The zero-order valence-electron chi connectivity index (χ0n) is 19.4. The molecule has 0 fully saturated rings. The van der Waals surface area contributed by atoms with Crippen LogP contribution in [0.5, 0.6) is 5.75 Å². The lowest BCUT2D eigenvalue weighted by Gasteiger charge is -2.39. The van der Waals surface area contributed by atoms with Crippen molar-refractivity contribution in [1.29, 1.82) is 0 Å². The zero-order chi connectivity index (χ0) is 24.1. The highest BCUT2D eigenvalue weighted by atomic mass is 79.9. The molecule has 4 rings (SSSR count). The van der Waals surface area contributed by atoms with Crippen molar-refractivity contribution in [3.05, 3.63) is 112 Å². The van der Waals surface area contributed by atoms with Crippen LogP contribution < -0.4 is 4.74 Å². The molecule has 4 aromatic rings. The standard InChI is InChI=1S/C29H29Br2NO2/c1-32(2)18-17-29(33,23-12-8-13-24(31)19-23)28(22-10-4-3-5-11-22)27-25-14-7-6-9-21(25)15-16-26(27)34-20-30/h3-16,19,28,33H,17-18,20H2,1-2H3. The van der Waals surface area contributed by atoms with E-state index >= 15 is 0 Å². The Kier molecular flexibility index (Phi) is 8.10. The minimum atomic E-state index is -1.19. The van der Waals surface area contributed by atoms with Crippen molar-refractivity contribution in [2.45, 2.75) is 17.9 Å². The Hall–Kier alpha value is -2.18. The second kappa shape index (κ2) is 11.0. The van der Waals surface area contributed by atoms with Crippen LogP contribution in [0.1, 0.15) is 29.0 Å². The summed E-state index contributed by atoms with van der Waals surface area (Å²) in [5.74, 6) is 0.408. The van der Waals surface area contributed by atoms with Crippen LogP contribution in [-0.2, 0) is 5.60 Å². The van der Waals surface area contributed by atoms with Gasteiger partial charge in [0.15, 0.2) is 0 Å². The topological polar surface area (TPSA) is 32.7 Å². The Morgan fingerprint density at radius 1 is 0.912 bits per heavy atom. The summed E-state index contributed by atoms with van der Waals surface area (Å²) in [7, 11) is 4.08. The molecule has 0 spiro atoms. The number of hydrogen-bond acceptors (Lipinski definition) is 3. The van der Waals surface area contributed by atoms with Crippen molar-refractivity contribution in [1.82, 2.24) is 4.90 Å². The number of nitrogens with zero attached hydrogens (tertiary/aromatic N) is 1. The second-order valence-corrected chi connectivity index (χ2v) is 10.2. The molecule has 0 aliphatic rings. The van der Waals surface area contributed by atoms with Gasteiger partial charge in [0.05, 0.1) is 0 Å². The predicted octanol–water partition coefficient (Wildman–Crippen LogP) is 7.30. The fraction of sp³-hybridized carbons (Fsp3) is 0.241. The molecular weight excluding hydrogens is 554 g/mol. The molecule has 34 heavy (non-hydrogen) atoms. The molecule has 0 bridgehead atoms. The molecule has 1 N–H and O–H groups in total. The summed E-state index contributed by atoms with van der Waals surface area (Å²) in [6, 6.07) is 30.7. The van der Waals surface area contributed by atoms with Gasteiger partial charge >= 0.3 is 0 Å². The summed E-state index contributed by atoms with van der Waals surface area (Å²) in [6.45, 7) is 0.728. The number of alkyl halides is 1. The first-order valence-corrected chi connectivity index (χ1v) is 13.2. The maximum absolute atomic E-state index is 12.8. The van der Waals surface area contributed by atoms with E-state index in [1.807, 2.05) is 74.8 Å². The average Bonchev–Trinajstić information content (AvgIpc) is 2.85. The molecule has 0 aliphatic heterocycles. The van der Waals surface area contributed by atoms with Gasteiger partial charge in [0.25, 0.3) is 0 Å². The molecule has 0 radical (unpaired) electrons. The lowest BCUT2D eigenvalue weighted by Crippen LogP contribution is -2.38. The fourth-order valence-corrected chi connectivity index (χ4v) is 5.34. The molecule has 0 saturated heterocycles. The summed E-state index contributed by atoms with van der Waals surface area (Å²) in [5.41, 5.74) is 2.08. The third-order valence-electron chi connectivity index (χ3n) is 6.30. The summed E-state index contributed by atoms with van der Waals surface area (Å²) in [4.78, 5) is 2.12. The van der Waals surface area contributed by atoms with E-state index in [9.17, 15) is 5.11 Å². The van der Waals surface area contributed by atoms with Gasteiger partial charge in [-0.05, 0) is 76.5 Å². The first-order valence-electron chi connectivity index (χ1n) is 11.3. The predicted molar refractivity (Wildman–Crippen MR) is 148 cm³/mol. The molecule has 0 aliphatic carbocycles. The minimum absolute atomic E-state index is 0.358. The molecule has 176 valence electrons. The smallest absolute Gasteiger partial charge is 0.143 e. The van der Waals surface area contributed by atoms with Crippen molar-refractivity contribution in [3.63, 3.8) is 0 Å². The number of benzene rings is 4. The molecule has 0 aromatic heterocycles. The average molecular weight is 583 g/mol. The third-order valence-corrected chi connectivity index (χ3v) is 7.03. The fourth-order valence-electron chi connectivity index (χ4n) is 4.69. The number of fused-ring (bicyclic) bond motifs is 1. The summed E-state index contributed by atoms with van der Waals surface area (Å²) in [6.07, 6.45) is 0.549. The molecule has 0 heterocycles. The molecular formula is C29H29Br2NO2. The quantitative estimate of drug-likeness (QED) is 0.210. The normalized spacial score (nSPS) is 14.2. The highest BCUT2D eigenvalue weighted by Gasteiger charge is 2.42. The van der Waals surface area contributed by atoms with Crippen molar-refractivity contribution in [3.8, 4) is 5.75 Å². The number of aliphatic hydroxyl groups is 1. The Morgan fingerprint density at radius 2 is 1.65 bits per heavy atom. The molecule has 0 amide bonds. The summed E-state index contributed by atoms with van der Waals surface area (Å²) in [5, 5.41) is 15.0. The zero-order valence-corrected chi connectivity index (χ0v) is 22.6. The van der Waals surface area contributed by atoms with Gasteiger partial charge in [0, 0.05) is 22.5 Å². The van der Waals surface area contributed by atoms with E-state index in [-0.39, 0.29) is 5.92 Å². The van der Waals surface area contributed by atoms with Gasteiger partial charge in [-0.2, -0.15) is 0 Å². The third kappa shape index (κ3) is 5.23. The van der Waals surface area contributed by atoms with E-state index < -0.39 is 5.60 Å². The van der Waals surface area contributed by atoms with Crippen molar-refractivity contribution >= 4 is 42.6 Å². The van der Waals surface area contributed by atoms with Crippen LogP contribution in [-0.4, -0.2) is 36.2 Å². The van der Waals surface area contributed by atoms with E-state index in [1.54, 1.807) is 0 Å². The van der Waals surface area contributed by atoms with Gasteiger partial charge in [-0.3, -0.25) is 0 Å². The first-order chi connectivity index (χ1) is 16.4. The summed E-state index contributed by atoms with van der Waals surface area (Å²) < 4.78 is 7.05. The maximum Gasteiger partial charge on any atom is 0.143 e. The molecule has 0 saturated carbocycles. The second-order valence-electron chi connectivity index (χ2n) is 8.78. The van der Waals surface area contributed by atoms with Crippen LogP contribution in [0, 0.1) is 0 Å². The van der Waals surface area contributed by atoms with E-state index in [1.165, 1.54) is 0 Å².